The van der Waals surface area contributed by atoms with E-state index in [2.05, 4.69) is 22.3 Å². The summed E-state index contributed by atoms with van der Waals surface area (Å²) in [5.74, 6) is 0.551. The molecular weight excluding hydrogens is 320 g/mol. The Morgan fingerprint density at radius 3 is 2.75 bits per heavy atom. The number of rotatable bonds is 6. The molecule has 0 saturated carbocycles. The average molecular weight is 340 g/mol. The molecule has 1 amide bonds. The number of hydrogen-bond acceptors (Lipinski definition) is 4. The molecule has 6 heteroatoms. The highest BCUT2D eigenvalue weighted by molar-refractivity contribution is 7.99. The van der Waals surface area contributed by atoms with Crippen molar-refractivity contribution >= 4 is 29.1 Å². The zero-order valence-corrected chi connectivity index (χ0v) is 14.6. The summed E-state index contributed by atoms with van der Waals surface area (Å²) in [6, 6.07) is 14.0. The summed E-state index contributed by atoms with van der Waals surface area (Å²) in [5.41, 5.74) is 1.73. The Hall–Kier alpha value is -2.34. The highest BCUT2D eigenvalue weighted by atomic mass is 32.2. The van der Waals surface area contributed by atoms with Crippen LogP contribution in [-0.4, -0.2) is 20.5 Å². The van der Waals surface area contributed by atoms with Gasteiger partial charge in [0.25, 0.3) is 0 Å². The number of fused-ring (bicyclic) bond motifs is 1. The topological polar surface area (TPSA) is 59.3 Å². The molecule has 2 aromatic heterocycles. The molecule has 124 valence electrons. The number of carbonyl (C=O) groups excluding carboxylic acids is 1. The number of nitrogens with one attached hydrogen (secondary N) is 1. The van der Waals surface area contributed by atoms with E-state index in [9.17, 15) is 4.79 Å². The van der Waals surface area contributed by atoms with Crippen LogP contribution in [0.25, 0.3) is 5.65 Å². The second-order valence-corrected chi connectivity index (χ2v) is 6.68. The maximum atomic E-state index is 11.5. The maximum Gasteiger partial charge on any atom is 0.222 e. The van der Waals surface area contributed by atoms with Gasteiger partial charge in [0, 0.05) is 29.6 Å². The van der Waals surface area contributed by atoms with Crippen molar-refractivity contribution in [2.24, 2.45) is 0 Å². The molecule has 0 spiro atoms. The molecule has 0 aliphatic rings. The predicted molar refractivity (Wildman–Crippen MR) is 96.5 cm³/mol. The van der Waals surface area contributed by atoms with Crippen molar-refractivity contribution in [1.82, 2.24) is 14.6 Å². The van der Waals surface area contributed by atoms with Crippen LogP contribution in [0.15, 0.2) is 52.4 Å². The van der Waals surface area contributed by atoms with E-state index < -0.39 is 0 Å². The van der Waals surface area contributed by atoms with Crippen LogP contribution in [0, 0.1) is 0 Å². The highest BCUT2D eigenvalue weighted by Gasteiger charge is 2.11. The van der Waals surface area contributed by atoms with Gasteiger partial charge < -0.3 is 5.32 Å². The van der Waals surface area contributed by atoms with Gasteiger partial charge in [0.2, 0.25) is 5.91 Å². The summed E-state index contributed by atoms with van der Waals surface area (Å²) >= 11 is 1.58. The van der Waals surface area contributed by atoms with E-state index in [0.717, 1.165) is 40.5 Å². The number of benzene rings is 1. The third-order valence-electron chi connectivity index (χ3n) is 3.51. The fourth-order valence-corrected chi connectivity index (χ4v) is 3.24. The number of carbonyl (C=O) groups is 1. The summed E-state index contributed by atoms with van der Waals surface area (Å²) in [7, 11) is 0. The van der Waals surface area contributed by atoms with Gasteiger partial charge in [-0.2, -0.15) is 9.61 Å². The van der Waals surface area contributed by atoms with E-state index in [1.807, 2.05) is 42.5 Å². The Morgan fingerprint density at radius 1 is 1.25 bits per heavy atom. The van der Waals surface area contributed by atoms with Gasteiger partial charge in [-0.25, -0.2) is 4.98 Å². The van der Waals surface area contributed by atoms with Crippen molar-refractivity contribution in [3.8, 4) is 0 Å². The Morgan fingerprint density at radius 2 is 2.04 bits per heavy atom. The first-order valence-electron chi connectivity index (χ1n) is 8.06. The largest absolute Gasteiger partial charge is 0.311 e. The van der Waals surface area contributed by atoms with Gasteiger partial charge in [0.1, 0.15) is 10.8 Å². The molecule has 2 heterocycles. The summed E-state index contributed by atoms with van der Waals surface area (Å²) in [6.45, 7) is 3.65. The Kier molecular flexibility index (Phi) is 5.15. The molecule has 0 saturated heterocycles. The van der Waals surface area contributed by atoms with Crippen LogP contribution in [0.3, 0.4) is 0 Å². The number of aryl methyl sites for hydroxylation is 1. The first kappa shape index (κ1) is 16.5. The van der Waals surface area contributed by atoms with E-state index in [4.69, 9.17) is 0 Å². The van der Waals surface area contributed by atoms with E-state index >= 15 is 0 Å². The molecule has 1 N–H and O–H groups in total. The zero-order valence-electron chi connectivity index (χ0n) is 13.8. The summed E-state index contributed by atoms with van der Waals surface area (Å²) in [6.07, 6.45) is 3.07. The Balaban J connectivity index is 1.97. The molecule has 1 aromatic carbocycles. The molecule has 0 unspecified atom stereocenters. The van der Waals surface area contributed by atoms with Gasteiger partial charge in [-0.05, 0) is 25.0 Å². The Labute approximate surface area is 145 Å². The average Bonchev–Trinajstić information content (AvgIpc) is 2.96. The number of anilines is 1. The lowest BCUT2D eigenvalue weighted by Crippen LogP contribution is -2.12. The lowest BCUT2D eigenvalue weighted by atomic mass is 10.2. The van der Waals surface area contributed by atoms with Gasteiger partial charge in [-0.1, -0.05) is 43.3 Å². The first-order valence-corrected chi connectivity index (χ1v) is 8.87. The molecule has 5 nitrogen and oxygen atoms in total. The van der Waals surface area contributed by atoms with E-state index in [0.29, 0.717) is 5.82 Å². The van der Waals surface area contributed by atoms with Crippen LogP contribution in [-0.2, 0) is 11.2 Å². The van der Waals surface area contributed by atoms with Gasteiger partial charge in [0.05, 0.1) is 0 Å². The van der Waals surface area contributed by atoms with Crippen LogP contribution < -0.4 is 5.32 Å². The fourth-order valence-electron chi connectivity index (χ4n) is 2.42. The third kappa shape index (κ3) is 3.94. The summed E-state index contributed by atoms with van der Waals surface area (Å²) < 4.78 is 1.70. The molecule has 24 heavy (non-hydrogen) atoms. The summed E-state index contributed by atoms with van der Waals surface area (Å²) in [4.78, 5) is 17.3. The van der Waals surface area contributed by atoms with Crippen molar-refractivity contribution in [2.45, 2.75) is 43.0 Å². The second-order valence-electron chi connectivity index (χ2n) is 5.59. The van der Waals surface area contributed by atoms with Crippen LogP contribution in [0.4, 0.5) is 5.82 Å². The monoisotopic (exact) mass is 340 g/mol. The molecule has 0 aliphatic carbocycles. The number of unbranched alkanes of at least 4 members (excludes halogenated alkanes) is 1. The maximum absolute atomic E-state index is 11.5. The molecule has 3 aromatic rings. The Bertz CT molecular complexity index is 845. The standard InChI is InChI=1S/C18H20N4OS/c1-3-4-8-14-11-16(19-13(2)23)22-17(20-14)12-18(21-22)24-15-9-6-5-7-10-15/h5-7,9-12H,3-4,8H2,1-2H3,(H,19,23). The molecule has 0 fully saturated rings. The van der Waals surface area contributed by atoms with Crippen molar-refractivity contribution < 1.29 is 4.79 Å². The van der Waals surface area contributed by atoms with Gasteiger partial charge in [0.15, 0.2) is 5.65 Å². The fraction of sp³-hybridized carbons (Fsp3) is 0.278. The lowest BCUT2D eigenvalue weighted by molar-refractivity contribution is -0.114. The van der Waals surface area contributed by atoms with Crippen molar-refractivity contribution in [3.63, 3.8) is 0 Å². The van der Waals surface area contributed by atoms with Crippen molar-refractivity contribution in [2.75, 3.05) is 5.32 Å². The molecular formula is C18H20N4OS. The predicted octanol–water partition coefficient (Wildman–Crippen LogP) is 4.18. The molecule has 0 radical (unpaired) electrons. The van der Waals surface area contributed by atoms with Gasteiger partial charge in [-0.15, -0.1) is 0 Å². The number of nitrogens with zero attached hydrogens (tertiary/aromatic N) is 3. The van der Waals surface area contributed by atoms with Crippen LogP contribution in [0.1, 0.15) is 32.4 Å². The smallest absolute Gasteiger partial charge is 0.222 e. The molecule has 0 bridgehead atoms. The highest BCUT2D eigenvalue weighted by Crippen LogP contribution is 2.28. The minimum Gasteiger partial charge on any atom is -0.311 e. The normalized spacial score (nSPS) is 10.9. The number of aromatic nitrogens is 3. The SMILES string of the molecule is CCCCc1cc(NC(C)=O)n2nc(Sc3ccccc3)cc2n1. The number of hydrogen-bond donors (Lipinski definition) is 1. The molecule has 3 rings (SSSR count). The van der Waals surface area contributed by atoms with E-state index in [1.54, 1.807) is 16.3 Å². The minimum absolute atomic E-state index is 0.114. The quantitative estimate of drug-likeness (QED) is 0.731. The zero-order chi connectivity index (χ0) is 16.9. The lowest BCUT2D eigenvalue weighted by Gasteiger charge is -2.07. The molecule has 0 aliphatic heterocycles. The first-order chi connectivity index (χ1) is 11.7. The van der Waals surface area contributed by atoms with E-state index in [-0.39, 0.29) is 5.91 Å². The second kappa shape index (κ2) is 7.49. The third-order valence-corrected chi connectivity index (χ3v) is 4.43. The summed E-state index contributed by atoms with van der Waals surface area (Å²) in [5, 5.41) is 8.29. The van der Waals surface area contributed by atoms with E-state index in [1.165, 1.54) is 6.92 Å². The van der Waals surface area contributed by atoms with Crippen molar-refractivity contribution in [3.05, 3.63) is 48.2 Å². The molecule has 0 atom stereocenters. The van der Waals surface area contributed by atoms with Gasteiger partial charge >= 0.3 is 0 Å². The van der Waals surface area contributed by atoms with Crippen LogP contribution in [0.2, 0.25) is 0 Å². The minimum atomic E-state index is -0.114. The van der Waals surface area contributed by atoms with Crippen LogP contribution >= 0.6 is 11.8 Å². The van der Waals surface area contributed by atoms with Gasteiger partial charge in [-0.3, -0.25) is 4.79 Å². The van der Waals surface area contributed by atoms with Crippen LogP contribution in [0.5, 0.6) is 0 Å². The van der Waals surface area contributed by atoms with Crippen molar-refractivity contribution in [1.29, 1.82) is 0 Å². The number of amides is 1.